The fourth-order valence-corrected chi connectivity index (χ4v) is 2.81. The summed E-state index contributed by atoms with van der Waals surface area (Å²) in [6.45, 7) is 7.67. The van der Waals surface area contributed by atoms with Crippen molar-refractivity contribution >= 4 is 21.6 Å². The monoisotopic (exact) mass is 264 g/mol. The molecule has 0 radical (unpaired) electrons. The van der Waals surface area contributed by atoms with E-state index >= 15 is 0 Å². The van der Waals surface area contributed by atoms with E-state index in [9.17, 15) is 5.11 Å². The minimum Gasteiger partial charge on any atom is -0.392 e. The molecule has 0 aromatic carbocycles. The molecule has 0 saturated heterocycles. The van der Waals surface area contributed by atoms with Crippen molar-refractivity contribution in [2.75, 3.05) is 6.54 Å². The number of pyridine rings is 1. The summed E-state index contributed by atoms with van der Waals surface area (Å²) in [6.07, 6.45) is 1.64. The first-order chi connectivity index (χ1) is 8.56. The standard InChI is InChI=1S/C14H20N2OS/c1-10(2)16(8-11(3)17)9-12-6-14-13(15-7-12)4-5-18-14/h4-7,10-11,17H,8-9H2,1-3H3. The summed E-state index contributed by atoms with van der Waals surface area (Å²) in [5.41, 5.74) is 2.27. The summed E-state index contributed by atoms with van der Waals surface area (Å²) in [6, 6.07) is 4.66. The minimum absolute atomic E-state index is 0.300. The molecule has 1 unspecified atom stereocenters. The van der Waals surface area contributed by atoms with E-state index in [0.29, 0.717) is 12.6 Å². The van der Waals surface area contributed by atoms with Crippen molar-refractivity contribution in [1.82, 2.24) is 9.88 Å². The number of fused-ring (bicyclic) bond motifs is 1. The first kappa shape index (κ1) is 13.5. The Kier molecular flexibility index (Phi) is 4.32. The fourth-order valence-electron chi connectivity index (χ4n) is 2.01. The highest BCUT2D eigenvalue weighted by molar-refractivity contribution is 7.17. The van der Waals surface area contributed by atoms with Gasteiger partial charge in [-0.3, -0.25) is 9.88 Å². The average Bonchev–Trinajstić information content (AvgIpc) is 2.74. The van der Waals surface area contributed by atoms with Crippen LogP contribution in [0.1, 0.15) is 26.3 Å². The van der Waals surface area contributed by atoms with Crippen molar-refractivity contribution in [3.8, 4) is 0 Å². The molecule has 3 nitrogen and oxygen atoms in total. The Morgan fingerprint density at radius 3 is 2.83 bits per heavy atom. The maximum atomic E-state index is 9.53. The Hall–Kier alpha value is -0.970. The second-order valence-corrected chi connectivity index (χ2v) is 5.97. The molecule has 18 heavy (non-hydrogen) atoms. The molecule has 0 amide bonds. The zero-order valence-corrected chi connectivity index (χ0v) is 11.9. The van der Waals surface area contributed by atoms with Crippen molar-refractivity contribution in [3.05, 3.63) is 29.3 Å². The van der Waals surface area contributed by atoms with Crippen molar-refractivity contribution in [3.63, 3.8) is 0 Å². The summed E-state index contributed by atoms with van der Waals surface area (Å²) in [4.78, 5) is 6.72. The average molecular weight is 264 g/mol. The summed E-state index contributed by atoms with van der Waals surface area (Å²) in [5.74, 6) is 0. The molecular weight excluding hydrogens is 244 g/mol. The first-order valence-corrected chi connectivity index (χ1v) is 7.18. The van der Waals surface area contributed by atoms with Crippen molar-refractivity contribution < 1.29 is 5.11 Å². The minimum atomic E-state index is -0.300. The lowest BCUT2D eigenvalue weighted by Crippen LogP contribution is -2.36. The van der Waals surface area contributed by atoms with Crippen LogP contribution in [0.2, 0.25) is 0 Å². The maximum Gasteiger partial charge on any atom is 0.0809 e. The lowest BCUT2D eigenvalue weighted by molar-refractivity contribution is 0.103. The predicted molar refractivity (Wildman–Crippen MR) is 76.8 cm³/mol. The molecule has 0 fully saturated rings. The van der Waals surface area contributed by atoms with E-state index in [4.69, 9.17) is 0 Å². The third-order valence-corrected chi connectivity index (χ3v) is 3.83. The molecule has 2 aromatic heterocycles. The van der Waals surface area contributed by atoms with E-state index in [-0.39, 0.29) is 6.10 Å². The van der Waals surface area contributed by atoms with Gasteiger partial charge in [-0.15, -0.1) is 11.3 Å². The third kappa shape index (κ3) is 3.28. The van der Waals surface area contributed by atoms with Crippen LogP contribution in [0.15, 0.2) is 23.7 Å². The number of hydrogen-bond acceptors (Lipinski definition) is 4. The van der Waals surface area contributed by atoms with Gasteiger partial charge in [0.15, 0.2) is 0 Å². The number of aromatic nitrogens is 1. The van der Waals surface area contributed by atoms with Gasteiger partial charge in [-0.2, -0.15) is 0 Å². The van der Waals surface area contributed by atoms with Gasteiger partial charge in [-0.1, -0.05) is 0 Å². The van der Waals surface area contributed by atoms with Gasteiger partial charge < -0.3 is 5.11 Å². The second-order valence-electron chi connectivity index (χ2n) is 5.02. The van der Waals surface area contributed by atoms with Gasteiger partial charge in [0.05, 0.1) is 16.3 Å². The molecule has 2 rings (SSSR count). The molecule has 0 aliphatic heterocycles. The van der Waals surface area contributed by atoms with E-state index in [2.05, 4.69) is 35.2 Å². The molecule has 98 valence electrons. The SMILES string of the molecule is CC(O)CN(Cc1cnc2ccsc2c1)C(C)C. The van der Waals surface area contributed by atoms with Gasteiger partial charge in [0.1, 0.15) is 0 Å². The Bertz CT molecular complexity index is 507. The van der Waals surface area contributed by atoms with Crippen LogP contribution in [0.25, 0.3) is 10.2 Å². The highest BCUT2D eigenvalue weighted by Gasteiger charge is 2.13. The molecule has 4 heteroatoms. The Balaban J connectivity index is 2.14. The highest BCUT2D eigenvalue weighted by atomic mass is 32.1. The van der Waals surface area contributed by atoms with Crippen molar-refractivity contribution in [1.29, 1.82) is 0 Å². The van der Waals surface area contributed by atoms with Crippen LogP contribution in [0.5, 0.6) is 0 Å². The van der Waals surface area contributed by atoms with Gasteiger partial charge in [-0.05, 0) is 43.8 Å². The normalized spacial score (nSPS) is 13.7. The zero-order valence-electron chi connectivity index (χ0n) is 11.1. The topological polar surface area (TPSA) is 36.4 Å². The van der Waals surface area contributed by atoms with Crippen LogP contribution in [-0.2, 0) is 6.54 Å². The largest absolute Gasteiger partial charge is 0.392 e. The number of nitrogens with zero attached hydrogens (tertiary/aromatic N) is 2. The van der Waals surface area contributed by atoms with Gasteiger partial charge >= 0.3 is 0 Å². The smallest absolute Gasteiger partial charge is 0.0809 e. The molecule has 0 bridgehead atoms. The highest BCUT2D eigenvalue weighted by Crippen LogP contribution is 2.20. The molecule has 0 spiro atoms. The molecule has 0 saturated carbocycles. The number of thiophene rings is 1. The quantitative estimate of drug-likeness (QED) is 0.902. The summed E-state index contributed by atoms with van der Waals surface area (Å²) >= 11 is 1.72. The van der Waals surface area contributed by atoms with E-state index in [1.807, 2.05) is 19.2 Å². The zero-order chi connectivity index (χ0) is 13.1. The number of aliphatic hydroxyl groups excluding tert-OH is 1. The van der Waals surface area contributed by atoms with Crippen LogP contribution in [-0.4, -0.2) is 33.7 Å². The molecule has 0 aliphatic rings. The Labute approximate surface area is 112 Å². The van der Waals surface area contributed by atoms with Crippen LogP contribution >= 0.6 is 11.3 Å². The molecular formula is C14H20N2OS. The summed E-state index contributed by atoms with van der Waals surface area (Å²) in [5, 5.41) is 11.6. The molecule has 1 atom stereocenters. The van der Waals surface area contributed by atoms with Gasteiger partial charge in [0.25, 0.3) is 0 Å². The number of aliphatic hydroxyl groups is 1. The van der Waals surface area contributed by atoms with E-state index in [1.54, 1.807) is 11.3 Å². The van der Waals surface area contributed by atoms with Gasteiger partial charge in [0.2, 0.25) is 0 Å². The van der Waals surface area contributed by atoms with E-state index in [0.717, 1.165) is 12.1 Å². The second kappa shape index (κ2) is 5.78. The van der Waals surface area contributed by atoms with Crippen molar-refractivity contribution in [2.45, 2.75) is 39.5 Å². The lowest BCUT2D eigenvalue weighted by Gasteiger charge is -2.27. The maximum absolute atomic E-state index is 9.53. The Morgan fingerprint density at radius 2 is 2.17 bits per heavy atom. The fraction of sp³-hybridized carbons (Fsp3) is 0.500. The van der Waals surface area contributed by atoms with E-state index < -0.39 is 0 Å². The van der Waals surface area contributed by atoms with Crippen LogP contribution in [0, 0.1) is 0 Å². The van der Waals surface area contributed by atoms with Crippen LogP contribution < -0.4 is 0 Å². The number of hydrogen-bond donors (Lipinski definition) is 1. The molecule has 0 aliphatic carbocycles. The van der Waals surface area contributed by atoms with Gasteiger partial charge in [-0.25, -0.2) is 0 Å². The molecule has 2 heterocycles. The van der Waals surface area contributed by atoms with Crippen LogP contribution in [0.3, 0.4) is 0 Å². The Morgan fingerprint density at radius 1 is 1.39 bits per heavy atom. The molecule has 2 aromatic rings. The summed E-state index contributed by atoms with van der Waals surface area (Å²) < 4.78 is 1.23. The lowest BCUT2D eigenvalue weighted by atomic mass is 10.2. The third-order valence-electron chi connectivity index (χ3n) is 2.97. The summed E-state index contributed by atoms with van der Waals surface area (Å²) in [7, 11) is 0. The number of rotatable bonds is 5. The van der Waals surface area contributed by atoms with Crippen LogP contribution in [0.4, 0.5) is 0 Å². The molecule has 1 N–H and O–H groups in total. The van der Waals surface area contributed by atoms with E-state index in [1.165, 1.54) is 10.3 Å². The van der Waals surface area contributed by atoms with Crippen molar-refractivity contribution in [2.24, 2.45) is 0 Å². The van der Waals surface area contributed by atoms with Gasteiger partial charge in [0, 0.05) is 25.3 Å². The predicted octanol–water partition coefficient (Wildman–Crippen LogP) is 2.89. The first-order valence-electron chi connectivity index (χ1n) is 6.30.